The predicted octanol–water partition coefficient (Wildman–Crippen LogP) is -0.0980. The number of hydrogen-bond acceptors (Lipinski definition) is 0. The predicted molar refractivity (Wildman–Crippen MR) is 46.2 cm³/mol. The summed E-state index contributed by atoms with van der Waals surface area (Å²) < 4.78 is 0. The van der Waals surface area contributed by atoms with Gasteiger partial charge in [-0.05, 0) is 0 Å². The van der Waals surface area contributed by atoms with E-state index in [0.29, 0.717) is 5.88 Å². The van der Waals surface area contributed by atoms with Crippen molar-refractivity contribution in [1.82, 2.24) is 0 Å². The van der Waals surface area contributed by atoms with Gasteiger partial charge in [-0.1, -0.05) is 6.08 Å². The average molecular weight is 161 g/mol. The van der Waals surface area contributed by atoms with Gasteiger partial charge in [0.1, 0.15) is 0 Å². The molecule has 0 aliphatic heterocycles. The maximum atomic E-state index is 5.07. The topological polar surface area (TPSA) is 0 Å². The standard InChI is InChI=1S/C6H5.C3H5Cl.Li/c1-2-4-6-5-3-1;1-2-3-4;/h1-5H;2H,1,3H2;/q-1;;+1. The first-order valence-corrected chi connectivity index (χ1v) is 3.53. The van der Waals surface area contributed by atoms with Crippen LogP contribution in [0.5, 0.6) is 0 Å². The fraction of sp³-hybridized carbons (Fsp3) is 0.111. The van der Waals surface area contributed by atoms with E-state index in [9.17, 15) is 0 Å². The summed E-state index contributed by atoms with van der Waals surface area (Å²) in [7, 11) is 0. The first kappa shape index (κ1) is 13.4. The van der Waals surface area contributed by atoms with Crippen molar-refractivity contribution in [3.63, 3.8) is 0 Å². The average Bonchev–Trinajstić information content (AvgIpc) is 2.08. The summed E-state index contributed by atoms with van der Waals surface area (Å²) in [6.45, 7) is 3.35. The Balaban J connectivity index is 0. The molecule has 0 unspecified atom stereocenters. The Kier molecular flexibility index (Phi) is 15.3. The molecule has 0 amide bonds. The molecule has 0 aliphatic carbocycles. The second kappa shape index (κ2) is 12.5. The van der Waals surface area contributed by atoms with E-state index in [4.69, 9.17) is 11.6 Å². The Hall–Kier alpha value is -0.153. The molecule has 0 saturated heterocycles. The monoisotopic (exact) mass is 160 g/mol. The molecule has 54 valence electrons. The third-order valence-corrected chi connectivity index (χ3v) is 0.934. The summed E-state index contributed by atoms with van der Waals surface area (Å²) in [5, 5.41) is 0. The van der Waals surface area contributed by atoms with Crippen LogP contribution in [0.2, 0.25) is 0 Å². The molecule has 1 rings (SSSR count). The molecule has 0 aromatic heterocycles. The van der Waals surface area contributed by atoms with Crippen LogP contribution in [0.25, 0.3) is 0 Å². The number of alkyl halides is 1. The Morgan fingerprint density at radius 3 is 1.82 bits per heavy atom. The molecular formula is C9H10ClLi. The number of rotatable bonds is 1. The smallest absolute Gasteiger partial charge is 0.184 e. The van der Waals surface area contributed by atoms with Gasteiger partial charge in [0, 0.05) is 5.88 Å². The molecule has 0 nitrogen and oxygen atoms in total. The molecule has 0 heterocycles. The minimum Gasteiger partial charge on any atom is -0.184 e. The van der Waals surface area contributed by atoms with Crippen molar-refractivity contribution in [3.8, 4) is 0 Å². The molecule has 0 fully saturated rings. The molecule has 0 bridgehead atoms. The number of halogens is 1. The molecule has 11 heavy (non-hydrogen) atoms. The molecule has 0 aliphatic rings. The minimum atomic E-state index is 0. The van der Waals surface area contributed by atoms with Crippen molar-refractivity contribution in [2.45, 2.75) is 0 Å². The molecule has 1 aromatic rings. The van der Waals surface area contributed by atoms with Crippen LogP contribution >= 0.6 is 11.6 Å². The van der Waals surface area contributed by atoms with Gasteiger partial charge in [0.2, 0.25) is 0 Å². The maximum Gasteiger partial charge on any atom is 1.00 e. The van der Waals surface area contributed by atoms with E-state index in [2.05, 4.69) is 12.6 Å². The zero-order valence-corrected chi connectivity index (χ0v) is 7.51. The van der Waals surface area contributed by atoms with Crippen LogP contribution in [0.3, 0.4) is 0 Å². The largest absolute Gasteiger partial charge is 1.00 e. The number of hydrogen-bond donors (Lipinski definition) is 0. The number of benzene rings is 1. The van der Waals surface area contributed by atoms with E-state index in [-0.39, 0.29) is 18.9 Å². The molecular weight excluding hydrogens is 150 g/mol. The van der Waals surface area contributed by atoms with Gasteiger partial charge in [0.25, 0.3) is 0 Å². The SMILES string of the molecule is C=CCCl.[Li+].[c-]1ccccc1. The van der Waals surface area contributed by atoms with Crippen molar-refractivity contribution in [2.75, 3.05) is 5.88 Å². The Labute approximate surface area is 85.4 Å². The molecule has 0 saturated carbocycles. The zero-order valence-electron chi connectivity index (χ0n) is 6.76. The summed E-state index contributed by atoms with van der Waals surface area (Å²) in [5.41, 5.74) is 0. The van der Waals surface area contributed by atoms with Crippen molar-refractivity contribution >= 4 is 11.6 Å². The van der Waals surface area contributed by atoms with Gasteiger partial charge >= 0.3 is 18.9 Å². The normalized spacial score (nSPS) is 6.64. The fourth-order valence-electron chi connectivity index (χ4n) is 0.342. The summed E-state index contributed by atoms with van der Waals surface area (Å²) in [6.07, 6.45) is 1.64. The van der Waals surface area contributed by atoms with E-state index in [1.165, 1.54) is 0 Å². The van der Waals surface area contributed by atoms with E-state index < -0.39 is 0 Å². The van der Waals surface area contributed by atoms with Crippen molar-refractivity contribution in [2.24, 2.45) is 0 Å². The van der Waals surface area contributed by atoms with Crippen LogP contribution in [0.15, 0.2) is 43.0 Å². The minimum absolute atomic E-state index is 0. The van der Waals surface area contributed by atoms with Gasteiger partial charge < -0.3 is 0 Å². The molecule has 0 spiro atoms. The molecule has 0 radical (unpaired) electrons. The van der Waals surface area contributed by atoms with Crippen LogP contribution < -0.4 is 18.9 Å². The van der Waals surface area contributed by atoms with Gasteiger partial charge in [-0.2, -0.15) is 36.4 Å². The van der Waals surface area contributed by atoms with Crippen LogP contribution in [-0.4, -0.2) is 5.88 Å². The first-order chi connectivity index (χ1) is 4.91. The van der Waals surface area contributed by atoms with E-state index >= 15 is 0 Å². The first-order valence-electron chi connectivity index (χ1n) is 2.99. The maximum absolute atomic E-state index is 5.07. The van der Waals surface area contributed by atoms with Crippen molar-refractivity contribution in [1.29, 1.82) is 0 Å². The van der Waals surface area contributed by atoms with Gasteiger partial charge in [0.05, 0.1) is 0 Å². The van der Waals surface area contributed by atoms with Crippen molar-refractivity contribution < 1.29 is 18.9 Å². The van der Waals surface area contributed by atoms with Gasteiger partial charge in [-0.25, -0.2) is 0 Å². The van der Waals surface area contributed by atoms with Gasteiger partial charge in [-0.3, -0.25) is 0 Å². The fourth-order valence-corrected chi connectivity index (χ4v) is 0.342. The molecule has 1 aromatic carbocycles. The molecule has 2 heteroatoms. The summed E-state index contributed by atoms with van der Waals surface area (Å²) in [4.78, 5) is 0. The third-order valence-electron chi connectivity index (χ3n) is 0.716. The summed E-state index contributed by atoms with van der Waals surface area (Å²) in [6, 6.07) is 12.5. The quantitative estimate of drug-likeness (QED) is 0.233. The Morgan fingerprint density at radius 2 is 1.73 bits per heavy atom. The third kappa shape index (κ3) is 12.9. The Morgan fingerprint density at radius 1 is 1.27 bits per heavy atom. The van der Waals surface area contributed by atoms with E-state index in [1.807, 2.05) is 30.3 Å². The summed E-state index contributed by atoms with van der Waals surface area (Å²) >= 11 is 5.07. The second-order valence-electron chi connectivity index (χ2n) is 1.52. The van der Waals surface area contributed by atoms with Crippen LogP contribution in [0.1, 0.15) is 0 Å². The molecule has 0 atom stereocenters. The van der Waals surface area contributed by atoms with Gasteiger partial charge in [0.15, 0.2) is 0 Å². The van der Waals surface area contributed by atoms with Crippen LogP contribution in [0.4, 0.5) is 0 Å². The zero-order chi connectivity index (χ0) is 7.66. The van der Waals surface area contributed by atoms with Gasteiger partial charge in [-0.15, -0.1) is 18.2 Å². The van der Waals surface area contributed by atoms with E-state index in [1.54, 1.807) is 6.08 Å². The number of allylic oxidation sites excluding steroid dienone is 1. The van der Waals surface area contributed by atoms with Crippen LogP contribution in [0, 0.1) is 6.07 Å². The van der Waals surface area contributed by atoms with Crippen LogP contribution in [-0.2, 0) is 0 Å². The summed E-state index contributed by atoms with van der Waals surface area (Å²) in [5.74, 6) is 0.556. The second-order valence-corrected chi connectivity index (χ2v) is 1.83. The van der Waals surface area contributed by atoms with E-state index in [0.717, 1.165) is 0 Å². The Bertz CT molecular complexity index is 124. The molecule has 0 N–H and O–H groups in total. The van der Waals surface area contributed by atoms with Crippen molar-refractivity contribution in [3.05, 3.63) is 49.1 Å².